The number of ether oxygens (including phenoxy) is 1. The fraction of sp³-hybridized carbons (Fsp3) is 0.500. The van der Waals surface area contributed by atoms with Crippen molar-refractivity contribution in [1.29, 1.82) is 0 Å². The summed E-state index contributed by atoms with van der Waals surface area (Å²) >= 11 is 0. The van der Waals surface area contributed by atoms with Gasteiger partial charge in [-0.05, 0) is 50.5 Å². The van der Waals surface area contributed by atoms with Crippen LogP contribution in [0.1, 0.15) is 47.4 Å². The van der Waals surface area contributed by atoms with Crippen molar-refractivity contribution in [2.24, 2.45) is 7.05 Å². The number of nitrogens with zero attached hydrogens (tertiary/aromatic N) is 4. The molecule has 1 aromatic carbocycles. The monoisotopic (exact) mass is 328 g/mol. The minimum absolute atomic E-state index is 0.0950. The highest BCUT2D eigenvalue weighted by atomic mass is 16.5. The van der Waals surface area contributed by atoms with Crippen LogP contribution in [0.2, 0.25) is 0 Å². The number of carbonyl (C=O) groups is 1. The van der Waals surface area contributed by atoms with Crippen molar-refractivity contribution in [1.82, 2.24) is 19.7 Å². The van der Waals surface area contributed by atoms with Gasteiger partial charge in [-0.25, -0.2) is 0 Å². The first kappa shape index (κ1) is 16.5. The highest BCUT2D eigenvalue weighted by Gasteiger charge is 2.27. The number of aryl methyl sites for hydroxylation is 2. The van der Waals surface area contributed by atoms with Crippen molar-refractivity contribution < 1.29 is 9.53 Å². The van der Waals surface area contributed by atoms with Gasteiger partial charge >= 0.3 is 0 Å². The third kappa shape index (κ3) is 3.27. The maximum absolute atomic E-state index is 12.7. The standard InChI is InChI=1S/C18H24N4O2/c1-4-24-16-6-5-15(11-13(16)2)18(23)22-9-7-14(8-10-22)17-20-19-12-21(17)3/h5-6,11-12,14H,4,7-10H2,1-3H3. The maximum atomic E-state index is 12.7. The number of hydrogen-bond acceptors (Lipinski definition) is 4. The van der Waals surface area contributed by atoms with Crippen LogP contribution in [-0.2, 0) is 7.05 Å². The van der Waals surface area contributed by atoms with Gasteiger partial charge in [0.15, 0.2) is 0 Å². The van der Waals surface area contributed by atoms with Gasteiger partial charge in [0.05, 0.1) is 6.61 Å². The summed E-state index contributed by atoms with van der Waals surface area (Å²) in [5.74, 6) is 2.33. The molecule has 1 aliphatic heterocycles. The van der Waals surface area contributed by atoms with E-state index in [0.29, 0.717) is 12.5 Å². The number of likely N-dealkylation sites (tertiary alicyclic amines) is 1. The molecule has 128 valence electrons. The second kappa shape index (κ2) is 7.03. The van der Waals surface area contributed by atoms with E-state index in [1.54, 1.807) is 6.33 Å². The van der Waals surface area contributed by atoms with Gasteiger partial charge in [0, 0.05) is 31.6 Å². The molecule has 2 heterocycles. The van der Waals surface area contributed by atoms with Crippen molar-refractivity contribution in [3.63, 3.8) is 0 Å². The van der Waals surface area contributed by atoms with Gasteiger partial charge in [-0.15, -0.1) is 10.2 Å². The van der Waals surface area contributed by atoms with Crippen LogP contribution in [0, 0.1) is 6.92 Å². The van der Waals surface area contributed by atoms with Gasteiger partial charge in [0.1, 0.15) is 17.9 Å². The van der Waals surface area contributed by atoms with Crippen molar-refractivity contribution in [2.75, 3.05) is 19.7 Å². The number of benzene rings is 1. The smallest absolute Gasteiger partial charge is 0.253 e. The molecule has 0 bridgehead atoms. The lowest BCUT2D eigenvalue weighted by molar-refractivity contribution is 0.0710. The van der Waals surface area contributed by atoms with E-state index in [1.165, 1.54) is 0 Å². The number of piperidine rings is 1. The molecule has 0 radical (unpaired) electrons. The van der Waals surface area contributed by atoms with Crippen LogP contribution in [0.3, 0.4) is 0 Å². The van der Waals surface area contributed by atoms with Gasteiger partial charge in [-0.3, -0.25) is 4.79 Å². The molecule has 1 amide bonds. The highest BCUT2D eigenvalue weighted by Crippen LogP contribution is 2.27. The third-order valence-corrected chi connectivity index (χ3v) is 4.62. The molecule has 6 heteroatoms. The molecule has 1 saturated heterocycles. The molecule has 0 spiro atoms. The fourth-order valence-electron chi connectivity index (χ4n) is 3.28. The van der Waals surface area contributed by atoms with Crippen LogP contribution in [0.4, 0.5) is 0 Å². The minimum Gasteiger partial charge on any atom is -0.494 e. The summed E-state index contributed by atoms with van der Waals surface area (Å²) in [6.45, 7) is 6.07. The predicted molar refractivity (Wildman–Crippen MR) is 91.2 cm³/mol. The molecule has 1 aromatic heterocycles. The zero-order valence-corrected chi connectivity index (χ0v) is 14.5. The highest BCUT2D eigenvalue weighted by molar-refractivity contribution is 5.94. The summed E-state index contributed by atoms with van der Waals surface area (Å²) in [6.07, 6.45) is 3.58. The molecule has 6 nitrogen and oxygen atoms in total. The van der Waals surface area contributed by atoms with E-state index in [9.17, 15) is 4.79 Å². The Hall–Kier alpha value is -2.37. The topological polar surface area (TPSA) is 60.2 Å². The first-order valence-electron chi connectivity index (χ1n) is 8.46. The van der Waals surface area contributed by atoms with Crippen molar-refractivity contribution in [3.05, 3.63) is 41.5 Å². The lowest BCUT2D eigenvalue weighted by Gasteiger charge is -2.31. The van der Waals surface area contributed by atoms with Gasteiger partial charge in [0.25, 0.3) is 5.91 Å². The average Bonchev–Trinajstić information content (AvgIpc) is 3.02. The van der Waals surface area contributed by atoms with Crippen LogP contribution in [0.15, 0.2) is 24.5 Å². The molecule has 0 saturated carbocycles. The van der Waals surface area contributed by atoms with E-state index < -0.39 is 0 Å². The van der Waals surface area contributed by atoms with E-state index in [0.717, 1.165) is 48.6 Å². The number of hydrogen-bond donors (Lipinski definition) is 0. The Labute approximate surface area is 142 Å². The van der Waals surface area contributed by atoms with Crippen molar-refractivity contribution >= 4 is 5.91 Å². The number of amides is 1. The van der Waals surface area contributed by atoms with E-state index in [2.05, 4.69) is 10.2 Å². The van der Waals surface area contributed by atoms with Gasteiger partial charge in [0.2, 0.25) is 0 Å². The summed E-state index contributed by atoms with van der Waals surface area (Å²) in [5.41, 5.74) is 1.73. The zero-order chi connectivity index (χ0) is 17.1. The van der Waals surface area contributed by atoms with E-state index in [4.69, 9.17) is 4.74 Å². The first-order chi connectivity index (χ1) is 11.6. The number of carbonyl (C=O) groups excluding carboxylic acids is 1. The van der Waals surface area contributed by atoms with E-state index >= 15 is 0 Å². The summed E-state index contributed by atoms with van der Waals surface area (Å²) in [5, 5.41) is 8.15. The van der Waals surface area contributed by atoms with Crippen LogP contribution < -0.4 is 4.74 Å². The minimum atomic E-state index is 0.0950. The van der Waals surface area contributed by atoms with Gasteiger partial charge < -0.3 is 14.2 Å². The molecular formula is C18H24N4O2. The SMILES string of the molecule is CCOc1ccc(C(=O)N2CCC(c3nncn3C)CC2)cc1C. The molecule has 2 aromatic rings. The maximum Gasteiger partial charge on any atom is 0.253 e. The Morgan fingerprint density at radius 3 is 2.67 bits per heavy atom. The zero-order valence-electron chi connectivity index (χ0n) is 14.5. The summed E-state index contributed by atoms with van der Waals surface area (Å²) < 4.78 is 7.51. The van der Waals surface area contributed by atoms with E-state index in [-0.39, 0.29) is 5.91 Å². The predicted octanol–water partition coefficient (Wildman–Crippen LogP) is 2.54. The first-order valence-corrected chi connectivity index (χ1v) is 8.46. The molecular weight excluding hydrogens is 304 g/mol. The Kier molecular flexibility index (Phi) is 4.83. The normalized spacial score (nSPS) is 15.5. The lowest BCUT2D eigenvalue weighted by Crippen LogP contribution is -2.38. The van der Waals surface area contributed by atoms with Crippen LogP contribution in [0.5, 0.6) is 5.75 Å². The Morgan fingerprint density at radius 1 is 1.33 bits per heavy atom. The third-order valence-electron chi connectivity index (χ3n) is 4.62. The summed E-state index contributed by atoms with van der Waals surface area (Å²) in [4.78, 5) is 14.7. The molecule has 1 aliphatic rings. The van der Waals surface area contributed by atoms with Crippen molar-refractivity contribution in [2.45, 2.75) is 32.6 Å². The molecule has 0 atom stereocenters. The number of rotatable bonds is 4. The van der Waals surface area contributed by atoms with Crippen molar-refractivity contribution in [3.8, 4) is 5.75 Å². The second-order valence-electron chi connectivity index (χ2n) is 6.28. The second-order valence-corrected chi connectivity index (χ2v) is 6.28. The number of aromatic nitrogens is 3. The average molecular weight is 328 g/mol. The summed E-state index contributed by atoms with van der Waals surface area (Å²) in [6, 6.07) is 5.66. The molecule has 0 aliphatic carbocycles. The largest absolute Gasteiger partial charge is 0.494 e. The van der Waals surface area contributed by atoms with Crippen LogP contribution in [-0.4, -0.2) is 45.3 Å². The molecule has 1 fully saturated rings. The van der Waals surface area contributed by atoms with E-state index in [1.807, 2.05) is 48.6 Å². The van der Waals surface area contributed by atoms with Gasteiger partial charge in [-0.2, -0.15) is 0 Å². The Morgan fingerprint density at radius 2 is 2.08 bits per heavy atom. The molecule has 3 rings (SSSR count). The van der Waals surface area contributed by atoms with Crippen LogP contribution in [0.25, 0.3) is 0 Å². The molecule has 0 N–H and O–H groups in total. The summed E-state index contributed by atoms with van der Waals surface area (Å²) in [7, 11) is 1.97. The lowest BCUT2D eigenvalue weighted by atomic mass is 9.95. The van der Waals surface area contributed by atoms with Crippen LogP contribution >= 0.6 is 0 Å². The molecule has 24 heavy (non-hydrogen) atoms. The Bertz CT molecular complexity index is 718. The molecule has 0 unspecified atom stereocenters. The quantitative estimate of drug-likeness (QED) is 0.865. The Balaban J connectivity index is 1.65. The van der Waals surface area contributed by atoms with Gasteiger partial charge in [-0.1, -0.05) is 0 Å². The fourth-order valence-corrected chi connectivity index (χ4v) is 3.28.